The largest absolute Gasteiger partial charge is 0.379 e. The number of carbonyl (C=O) groups excluding carboxylic acids is 1. The molecule has 1 aliphatic heterocycles. The van der Waals surface area contributed by atoms with Gasteiger partial charge in [-0.3, -0.25) is 4.79 Å². The summed E-state index contributed by atoms with van der Waals surface area (Å²) in [7, 11) is -1.81. The van der Waals surface area contributed by atoms with E-state index in [9.17, 15) is 13.2 Å². The number of para-hydroxylation sites is 1. The molecule has 1 amide bonds. The summed E-state index contributed by atoms with van der Waals surface area (Å²) >= 11 is 1.40. The van der Waals surface area contributed by atoms with Crippen LogP contribution in [-0.2, 0) is 21.8 Å². The highest BCUT2D eigenvalue weighted by Crippen LogP contribution is 2.19. The normalized spacial score (nSPS) is 16.9. The van der Waals surface area contributed by atoms with Crippen LogP contribution < -0.4 is 4.80 Å². The summed E-state index contributed by atoms with van der Waals surface area (Å²) in [5, 5.41) is 0. The van der Waals surface area contributed by atoms with Crippen molar-refractivity contribution >= 4 is 37.5 Å². The molecule has 2 aromatic heterocycles. The Hall–Kier alpha value is -2.27. The molecule has 4 rings (SSSR count). The lowest BCUT2D eigenvalue weighted by molar-refractivity contribution is 0.0730. The summed E-state index contributed by atoms with van der Waals surface area (Å²) in [4.78, 5) is 20.0. The quantitative estimate of drug-likeness (QED) is 0.710. The fourth-order valence-corrected chi connectivity index (χ4v) is 5.34. The number of nitrogens with zero attached hydrogens (tertiary/aromatic N) is 3. The van der Waals surface area contributed by atoms with E-state index in [-0.39, 0.29) is 10.6 Å². The number of hydrogen-bond acceptors (Lipinski definition) is 5. The molecule has 10 heteroatoms. The van der Waals surface area contributed by atoms with Crippen LogP contribution in [0.25, 0.3) is 10.2 Å². The van der Waals surface area contributed by atoms with Crippen LogP contribution in [0.1, 0.15) is 10.5 Å². The van der Waals surface area contributed by atoms with Crippen LogP contribution in [0.3, 0.4) is 0 Å². The number of carbonyl (C=O) groups is 1. The first-order valence-corrected chi connectivity index (χ1v) is 10.6. The lowest BCUT2D eigenvalue weighted by Gasteiger charge is -2.25. The molecule has 0 aliphatic carbocycles. The lowest BCUT2D eigenvalue weighted by Crippen LogP contribution is -2.40. The Morgan fingerprint density at radius 1 is 1.26 bits per heavy atom. The van der Waals surface area contributed by atoms with Gasteiger partial charge in [-0.05, 0) is 18.2 Å². The van der Waals surface area contributed by atoms with Gasteiger partial charge >= 0.3 is 0 Å². The van der Waals surface area contributed by atoms with Crippen LogP contribution in [0.5, 0.6) is 0 Å². The highest BCUT2D eigenvalue weighted by atomic mass is 32.2. The topological polar surface area (TPSA) is 96.8 Å². The van der Waals surface area contributed by atoms with Crippen LogP contribution in [0, 0.1) is 0 Å². The summed E-state index contributed by atoms with van der Waals surface area (Å²) in [6.07, 6.45) is 1.33. The minimum Gasteiger partial charge on any atom is -0.379 e. The van der Waals surface area contributed by atoms with Gasteiger partial charge in [-0.1, -0.05) is 23.5 Å². The van der Waals surface area contributed by atoms with Crippen molar-refractivity contribution in [3.63, 3.8) is 0 Å². The number of sulfonamides is 1. The molecule has 0 saturated carbocycles. The number of benzene rings is 1. The number of fused-ring (bicyclic) bond motifs is 1. The van der Waals surface area contributed by atoms with Crippen molar-refractivity contribution in [2.45, 2.75) is 4.90 Å². The lowest BCUT2D eigenvalue weighted by atomic mass is 10.3. The average Bonchev–Trinajstić information content (AvgIpc) is 3.29. The number of morpholine rings is 1. The highest BCUT2D eigenvalue weighted by Gasteiger charge is 2.27. The van der Waals surface area contributed by atoms with Gasteiger partial charge in [0.15, 0.2) is 4.80 Å². The maximum absolute atomic E-state index is 12.7. The smallest absolute Gasteiger partial charge is 0.296 e. The van der Waals surface area contributed by atoms with E-state index in [1.165, 1.54) is 27.9 Å². The number of aryl methyl sites for hydroxylation is 1. The first kappa shape index (κ1) is 18.1. The fourth-order valence-electron chi connectivity index (χ4n) is 2.92. The molecule has 3 aromatic rings. The Morgan fingerprint density at radius 2 is 2.00 bits per heavy atom. The van der Waals surface area contributed by atoms with Crippen molar-refractivity contribution in [2.24, 2.45) is 12.0 Å². The van der Waals surface area contributed by atoms with Crippen LogP contribution in [0.4, 0.5) is 0 Å². The number of H-pyrrole nitrogens is 1. The minimum atomic E-state index is -3.65. The van der Waals surface area contributed by atoms with Crippen molar-refractivity contribution < 1.29 is 17.9 Å². The first-order valence-electron chi connectivity index (χ1n) is 8.37. The number of nitrogens with one attached hydrogen (secondary N) is 1. The zero-order valence-corrected chi connectivity index (χ0v) is 16.2. The Kier molecular flexibility index (Phi) is 4.72. The molecular formula is C17H18N4O4S2. The molecule has 142 valence electrons. The fraction of sp³-hybridized carbons (Fsp3) is 0.294. The predicted molar refractivity (Wildman–Crippen MR) is 101 cm³/mol. The number of amides is 1. The Balaban J connectivity index is 1.64. The molecule has 1 aromatic carbocycles. The Labute approximate surface area is 159 Å². The van der Waals surface area contributed by atoms with Gasteiger partial charge in [-0.2, -0.15) is 9.30 Å². The van der Waals surface area contributed by atoms with E-state index in [1.54, 1.807) is 0 Å². The third kappa shape index (κ3) is 3.36. The van der Waals surface area contributed by atoms with Crippen molar-refractivity contribution in [1.29, 1.82) is 0 Å². The van der Waals surface area contributed by atoms with Gasteiger partial charge in [0.2, 0.25) is 10.0 Å². The highest BCUT2D eigenvalue weighted by molar-refractivity contribution is 7.89. The number of aromatic nitrogens is 2. The molecule has 8 nitrogen and oxygen atoms in total. The van der Waals surface area contributed by atoms with Crippen LogP contribution in [-0.4, -0.2) is 54.5 Å². The summed E-state index contributed by atoms with van der Waals surface area (Å²) < 4.78 is 34.7. The molecule has 0 spiro atoms. The van der Waals surface area contributed by atoms with Crippen molar-refractivity contribution in [1.82, 2.24) is 13.9 Å². The number of aromatic amines is 1. The van der Waals surface area contributed by atoms with Gasteiger partial charge in [-0.15, -0.1) is 0 Å². The molecular weight excluding hydrogens is 388 g/mol. The molecule has 0 radical (unpaired) electrons. The third-order valence-electron chi connectivity index (χ3n) is 4.41. The van der Waals surface area contributed by atoms with Crippen LogP contribution in [0.2, 0.25) is 0 Å². The molecule has 3 heterocycles. The zero-order chi connectivity index (χ0) is 19.0. The van der Waals surface area contributed by atoms with Gasteiger partial charge < -0.3 is 14.3 Å². The van der Waals surface area contributed by atoms with Crippen molar-refractivity contribution in [3.8, 4) is 0 Å². The standard InChI is InChI=1S/C17H18N4O4S2/c1-20-14-4-2-3-5-15(14)26-17(20)19-16(22)13-10-12(11-18-13)27(23,24)21-6-8-25-9-7-21/h2-5,10-11,18H,6-9H2,1H3. The molecule has 1 N–H and O–H groups in total. The number of ether oxygens (including phenoxy) is 1. The minimum absolute atomic E-state index is 0.0589. The summed E-state index contributed by atoms with van der Waals surface area (Å²) in [5.41, 5.74) is 1.12. The second-order valence-electron chi connectivity index (χ2n) is 6.09. The van der Waals surface area contributed by atoms with Gasteiger partial charge in [0.05, 0.1) is 23.4 Å². The maximum atomic E-state index is 12.7. The Morgan fingerprint density at radius 3 is 2.74 bits per heavy atom. The molecule has 1 aliphatic rings. The van der Waals surface area contributed by atoms with Gasteiger partial charge in [0.25, 0.3) is 5.91 Å². The van der Waals surface area contributed by atoms with E-state index < -0.39 is 15.9 Å². The molecule has 1 saturated heterocycles. The SMILES string of the molecule is Cn1c(=NC(=O)c2cc(S(=O)(=O)N3CCOCC3)c[nH]2)sc2ccccc21. The molecule has 1 fully saturated rings. The summed E-state index contributed by atoms with van der Waals surface area (Å²) in [5.74, 6) is -0.513. The van der Waals surface area contributed by atoms with Crippen molar-refractivity contribution in [2.75, 3.05) is 26.3 Å². The van der Waals surface area contributed by atoms with Gasteiger partial charge in [-0.25, -0.2) is 8.42 Å². The maximum Gasteiger partial charge on any atom is 0.296 e. The predicted octanol–water partition coefficient (Wildman–Crippen LogP) is 1.33. The van der Waals surface area contributed by atoms with Crippen molar-refractivity contribution in [3.05, 3.63) is 47.0 Å². The van der Waals surface area contributed by atoms with E-state index in [0.29, 0.717) is 31.1 Å². The molecule has 0 atom stereocenters. The van der Waals surface area contributed by atoms with Crippen LogP contribution >= 0.6 is 11.3 Å². The Bertz CT molecular complexity index is 1170. The van der Waals surface area contributed by atoms with Crippen LogP contribution in [0.15, 0.2) is 46.4 Å². The number of hydrogen-bond donors (Lipinski definition) is 1. The number of thiazole rings is 1. The summed E-state index contributed by atoms with van der Waals surface area (Å²) in [6, 6.07) is 9.11. The van der Waals surface area contributed by atoms with E-state index >= 15 is 0 Å². The average molecular weight is 406 g/mol. The second-order valence-corrected chi connectivity index (χ2v) is 9.04. The van der Waals surface area contributed by atoms with E-state index in [1.807, 2.05) is 35.9 Å². The second kappa shape index (κ2) is 7.04. The van der Waals surface area contributed by atoms with E-state index in [0.717, 1.165) is 10.2 Å². The molecule has 0 unspecified atom stereocenters. The monoisotopic (exact) mass is 406 g/mol. The van der Waals surface area contributed by atoms with Gasteiger partial charge in [0, 0.05) is 26.3 Å². The summed E-state index contributed by atoms with van der Waals surface area (Å²) in [6.45, 7) is 1.35. The van der Waals surface area contributed by atoms with E-state index in [4.69, 9.17) is 4.74 Å². The molecule has 0 bridgehead atoms. The number of rotatable bonds is 3. The molecule has 27 heavy (non-hydrogen) atoms. The first-order chi connectivity index (χ1) is 13.0. The zero-order valence-electron chi connectivity index (χ0n) is 14.6. The van der Waals surface area contributed by atoms with Gasteiger partial charge in [0.1, 0.15) is 10.6 Å². The van der Waals surface area contributed by atoms with E-state index in [2.05, 4.69) is 9.98 Å². The third-order valence-corrected chi connectivity index (χ3v) is 7.40.